The number of hydrazine groups is 1. The zero-order valence-corrected chi connectivity index (χ0v) is 11.0. The van der Waals surface area contributed by atoms with E-state index in [1.807, 2.05) is 0 Å². The van der Waals surface area contributed by atoms with Gasteiger partial charge in [-0.3, -0.25) is 14.9 Å². The molecule has 2 rings (SSSR count). The number of amides is 1. The van der Waals surface area contributed by atoms with Gasteiger partial charge in [-0.15, -0.1) is 0 Å². The first-order valence-corrected chi connectivity index (χ1v) is 6.13. The van der Waals surface area contributed by atoms with Crippen molar-refractivity contribution in [2.75, 3.05) is 24.3 Å². The lowest BCUT2D eigenvalue weighted by molar-refractivity contribution is -0.384. The second-order valence-electron chi connectivity index (χ2n) is 4.65. The third kappa shape index (κ3) is 3.12. The number of hydrogen-bond acceptors (Lipinski definition) is 7. The largest absolute Gasteiger partial charge is 0.365 e. The van der Waals surface area contributed by atoms with Crippen molar-refractivity contribution in [3.05, 3.63) is 22.2 Å². The summed E-state index contributed by atoms with van der Waals surface area (Å²) in [4.78, 5) is 27.5. The summed E-state index contributed by atoms with van der Waals surface area (Å²) in [5.74, 6) is 5.91. The van der Waals surface area contributed by atoms with Crippen molar-refractivity contribution in [2.24, 2.45) is 5.84 Å². The molecule has 1 saturated heterocycles. The Kier molecular flexibility index (Phi) is 3.99. The predicted octanol–water partition coefficient (Wildman–Crippen LogP) is 0.308. The number of carbonyl (C=O) groups excluding carboxylic acids is 1. The molecular formula is C11H16N6O3. The minimum absolute atomic E-state index is 0.0119. The van der Waals surface area contributed by atoms with Crippen LogP contribution in [-0.4, -0.2) is 40.3 Å². The number of likely N-dealkylation sites (tertiary alicyclic amines) is 1. The molecule has 1 aliphatic heterocycles. The molecule has 1 fully saturated rings. The molecule has 2 heterocycles. The van der Waals surface area contributed by atoms with Gasteiger partial charge in [0.25, 0.3) is 5.69 Å². The van der Waals surface area contributed by atoms with E-state index in [9.17, 15) is 14.9 Å². The van der Waals surface area contributed by atoms with E-state index in [1.165, 1.54) is 12.1 Å². The van der Waals surface area contributed by atoms with Gasteiger partial charge in [0.05, 0.1) is 17.1 Å². The van der Waals surface area contributed by atoms with Crippen molar-refractivity contribution in [3.8, 4) is 0 Å². The van der Waals surface area contributed by atoms with Crippen LogP contribution in [0.25, 0.3) is 0 Å². The molecule has 1 aliphatic rings. The van der Waals surface area contributed by atoms with E-state index in [0.717, 1.165) is 0 Å². The number of carbonyl (C=O) groups is 1. The number of pyridine rings is 1. The van der Waals surface area contributed by atoms with Gasteiger partial charge in [0, 0.05) is 26.1 Å². The molecule has 9 heteroatoms. The number of nitrogens with zero attached hydrogens (tertiary/aromatic N) is 3. The summed E-state index contributed by atoms with van der Waals surface area (Å²) < 4.78 is 0. The number of likely N-dealkylation sites (N-methyl/N-ethyl adjacent to an activating group) is 1. The standard InChI is InChI=1S/C11H16N6O3/c1-16-6-7(2-3-11(16)18)13-9-4-8(17(19)20)5-10(14-9)15-12/h4-5,7H,2-3,6,12H2,1H3,(H2,13,14,15). The van der Waals surface area contributed by atoms with E-state index < -0.39 is 4.92 Å². The zero-order valence-electron chi connectivity index (χ0n) is 11.0. The number of piperidine rings is 1. The number of anilines is 2. The molecule has 1 aromatic heterocycles. The molecule has 1 aromatic rings. The minimum Gasteiger partial charge on any atom is -0.365 e. The van der Waals surface area contributed by atoms with Crippen molar-refractivity contribution >= 4 is 23.2 Å². The summed E-state index contributed by atoms with van der Waals surface area (Å²) in [6.07, 6.45) is 1.12. The Bertz CT molecular complexity index is 535. The molecule has 108 valence electrons. The van der Waals surface area contributed by atoms with Crippen LogP contribution in [0.5, 0.6) is 0 Å². The van der Waals surface area contributed by atoms with E-state index >= 15 is 0 Å². The lowest BCUT2D eigenvalue weighted by Gasteiger charge is -2.30. The number of nitrogens with two attached hydrogens (primary N) is 1. The fraction of sp³-hybridized carbons (Fsp3) is 0.455. The van der Waals surface area contributed by atoms with Crippen molar-refractivity contribution < 1.29 is 9.72 Å². The Morgan fingerprint density at radius 1 is 1.50 bits per heavy atom. The molecule has 9 nitrogen and oxygen atoms in total. The normalized spacial score (nSPS) is 18.8. The van der Waals surface area contributed by atoms with Crippen LogP contribution in [0.2, 0.25) is 0 Å². The van der Waals surface area contributed by atoms with Gasteiger partial charge in [0.15, 0.2) is 0 Å². The highest BCUT2D eigenvalue weighted by molar-refractivity contribution is 5.77. The van der Waals surface area contributed by atoms with E-state index in [2.05, 4.69) is 15.7 Å². The molecule has 0 aliphatic carbocycles. The van der Waals surface area contributed by atoms with Crippen molar-refractivity contribution in [2.45, 2.75) is 18.9 Å². The monoisotopic (exact) mass is 280 g/mol. The van der Waals surface area contributed by atoms with Crippen LogP contribution >= 0.6 is 0 Å². The number of rotatable bonds is 4. The average molecular weight is 280 g/mol. The van der Waals surface area contributed by atoms with Crippen molar-refractivity contribution in [1.82, 2.24) is 9.88 Å². The molecule has 20 heavy (non-hydrogen) atoms. The first-order valence-electron chi connectivity index (χ1n) is 6.13. The van der Waals surface area contributed by atoms with Crippen LogP contribution in [0.3, 0.4) is 0 Å². The maximum absolute atomic E-state index is 11.4. The molecule has 0 bridgehead atoms. The van der Waals surface area contributed by atoms with Crippen molar-refractivity contribution in [3.63, 3.8) is 0 Å². The van der Waals surface area contributed by atoms with Gasteiger partial charge in [-0.1, -0.05) is 0 Å². The molecule has 1 amide bonds. The maximum Gasteiger partial charge on any atom is 0.276 e. The van der Waals surface area contributed by atoms with Gasteiger partial charge in [0.2, 0.25) is 5.91 Å². The quantitative estimate of drug-likeness (QED) is 0.411. The lowest BCUT2D eigenvalue weighted by atomic mass is 10.1. The third-order valence-electron chi connectivity index (χ3n) is 3.15. The summed E-state index contributed by atoms with van der Waals surface area (Å²) >= 11 is 0. The average Bonchev–Trinajstić information content (AvgIpc) is 2.42. The number of nitrogens with one attached hydrogen (secondary N) is 2. The number of nitrogen functional groups attached to an aromatic ring is 1. The van der Waals surface area contributed by atoms with Gasteiger partial charge >= 0.3 is 0 Å². The van der Waals surface area contributed by atoms with Crippen molar-refractivity contribution in [1.29, 1.82) is 0 Å². The van der Waals surface area contributed by atoms with Gasteiger partial charge in [-0.05, 0) is 6.42 Å². The molecule has 0 radical (unpaired) electrons. The smallest absolute Gasteiger partial charge is 0.276 e. The minimum atomic E-state index is -0.510. The molecular weight excluding hydrogens is 264 g/mol. The summed E-state index contributed by atoms with van der Waals surface area (Å²) in [7, 11) is 1.73. The van der Waals surface area contributed by atoms with Gasteiger partial charge < -0.3 is 15.6 Å². The van der Waals surface area contributed by atoms with Crippen LogP contribution in [0.15, 0.2) is 12.1 Å². The molecule has 4 N–H and O–H groups in total. The van der Waals surface area contributed by atoms with E-state index in [4.69, 9.17) is 5.84 Å². The zero-order chi connectivity index (χ0) is 14.7. The predicted molar refractivity (Wildman–Crippen MR) is 73.0 cm³/mol. The summed E-state index contributed by atoms with van der Waals surface area (Å²) in [6, 6.07) is 2.61. The summed E-state index contributed by atoms with van der Waals surface area (Å²) in [5.41, 5.74) is 2.19. The Morgan fingerprint density at radius 2 is 2.20 bits per heavy atom. The van der Waals surface area contributed by atoms with Crippen LogP contribution < -0.4 is 16.6 Å². The Labute approximate surface area is 115 Å². The van der Waals surface area contributed by atoms with Crippen LogP contribution in [0.1, 0.15) is 12.8 Å². The summed E-state index contributed by atoms with van der Waals surface area (Å²) in [5, 5.41) is 13.9. The second kappa shape index (κ2) is 5.70. The van der Waals surface area contributed by atoms with Crippen LogP contribution in [0, 0.1) is 10.1 Å². The number of hydrogen-bond donors (Lipinski definition) is 3. The first kappa shape index (κ1) is 14.0. The highest BCUT2D eigenvalue weighted by atomic mass is 16.6. The van der Waals surface area contributed by atoms with Crippen LogP contribution in [-0.2, 0) is 4.79 Å². The van der Waals surface area contributed by atoms with E-state index in [-0.39, 0.29) is 23.5 Å². The molecule has 0 spiro atoms. The highest BCUT2D eigenvalue weighted by Gasteiger charge is 2.23. The molecule has 1 atom stereocenters. The molecule has 1 unspecified atom stereocenters. The van der Waals surface area contributed by atoms with E-state index in [1.54, 1.807) is 11.9 Å². The molecule has 0 aromatic carbocycles. The third-order valence-corrected chi connectivity index (χ3v) is 3.15. The van der Waals surface area contributed by atoms with Gasteiger partial charge in [-0.2, -0.15) is 0 Å². The maximum atomic E-state index is 11.4. The van der Waals surface area contributed by atoms with Crippen LogP contribution in [0.4, 0.5) is 17.3 Å². The SMILES string of the molecule is CN1CC(Nc2cc([N+](=O)[O-])cc(NN)n2)CCC1=O. The first-order chi connectivity index (χ1) is 9.49. The summed E-state index contributed by atoms with van der Waals surface area (Å²) in [6.45, 7) is 0.536. The fourth-order valence-corrected chi connectivity index (χ4v) is 2.11. The highest BCUT2D eigenvalue weighted by Crippen LogP contribution is 2.22. The fourth-order valence-electron chi connectivity index (χ4n) is 2.11. The second-order valence-corrected chi connectivity index (χ2v) is 4.65. The van der Waals surface area contributed by atoms with Gasteiger partial charge in [-0.25, -0.2) is 10.8 Å². The van der Waals surface area contributed by atoms with E-state index in [0.29, 0.717) is 25.2 Å². The van der Waals surface area contributed by atoms with Gasteiger partial charge in [0.1, 0.15) is 11.6 Å². The Balaban J connectivity index is 2.14. The molecule has 0 saturated carbocycles. The Morgan fingerprint density at radius 3 is 2.80 bits per heavy atom. The Hall–Kier alpha value is -2.42. The lowest BCUT2D eigenvalue weighted by Crippen LogP contribution is -2.43. The number of aromatic nitrogens is 1. The number of nitro groups is 1. The topological polar surface area (TPSA) is 126 Å².